The van der Waals surface area contributed by atoms with Crippen molar-refractivity contribution in [1.82, 2.24) is 10.6 Å². The molecule has 1 aliphatic rings. The fraction of sp³-hybridized carbons (Fsp3) is 0.471. The molecule has 1 aromatic carbocycles. The quantitative estimate of drug-likeness (QED) is 0.780. The van der Waals surface area contributed by atoms with Gasteiger partial charge in [-0.15, -0.1) is 0 Å². The van der Waals surface area contributed by atoms with Crippen LogP contribution in [-0.4, -0.2) is 30.6 Å². The third kappa shape index (κ3) is 6.34. The summed E-state index contributed by atoms with van der Waals surface area (Å²) in [6, 6.07) is 3.51. The smallest absolute Gasteiger partial charge is 0.321 e. The van der Waals surface area contributed by atoms with Crippen LogP contribution in [0, 0.1) is 5.82 Å². The molecule has 1 fully saturated rings. The van der Waals surface area contributed by atoms with E-state index in [4.69, 9.17) is 16.3 Å². The molecule has 3 amide bonds. The van der Waals surface area contributed by atoms with Gasteiger partial charge in [-0.2, -0.15) is 0 Å². The topological polar surface area (TPSA) is 84.5 Å². The van der Waals surface area contributed by atoms with E-state index in [2.05, 4.69) is 10.6 Å². The third-order valence-corrected chi connectivity index (χ3v) is 4.29. The summed E-state index contributed by atoms with van der Waals surface area (Å²) in [6.07, 6.45) is 4.64. The van der Waals surface area contributed by atoms with Gasteiger partial charge >= 0.3 is 12.0 Å². The summed E-state index contributed by atoms with van der Waals surface area (Å²) in [6.45, 7) is -0.622. The average Bonchev–Trinajstić information content (AvgIpc) is 2.57. The van der Waals surface area contributed by atoms with E-state index in [-0.39, 0.29) is 16.6 Å². The number of hydrogen-bond acceptors (Lipinski definition) is 4. The molecular weight excluding hydrogens is 351 g/mol. The number of benzene rings is 1. The van der Waals surface area contributed by atoms with E-state index >= 15 is 0 Å². The predicted octanol–water partition coefficient (Wildman–Crippen LogP) is 2.72. The number of imide groups is 1. The standard InChI is InChI=1S/C17H20ClFN2O4/c18-13-7-4-8-14(19)12(13)9-16(23)25-10-15(22)21-17(24)20-11-5-2-1-3-6-11/h4,7-8,11H,1-3,5-6,9-10H2,(H2,20,21,22,24). The van der Waals surface area contributed by atoms with Gasteiger partial charge in [-0.3, -0.25) is 14.9 Å². The van der Waals surface area contributed by atoms with Gasteiger partial charge in [-0.25, -0.2) is 9.18 Å². The van der Waals surface area contributed by atoms with E-state index < -0.39 is 36.8 Å². The second kappa shape index (κ2) is 9.36. The molecule has 0 bridgehead atoms. The van der Waals surface area contributed by atoms with E-state index in [9.17, 15) is 18.8 Å². The fourth-order valence-electron chi connectivity index (χ4n) is 2.67. The molecule has 1 saturated carbocycles. The first-order valence-corrected chi connectivity index (χ1v) is 8.52. The van der Waals surface area contributed by atoms with Gasteiger partial charge in [0.25, 0.3) is 5.91 Å². The van der Waals surface area contributed by atoms with Crippen molar-refractivity contribution in [3.05, 3.63) is 34.6 Å². The fourth-order valence-corrected chi connectivity index (χ4v) is 2.90. The van der Waals surface area contributed by atoms with Crippen LogP contribution in [0.5, 0.6) is 0 Å². The Kier molecular flexibility index (Phi) is 7.18. The van der Waals surface area contributed by atoms with Crippen LogP contribution in [0.1, 0.15) is 37.7 Å². The molecule has 1 aliphatic carbocycles. The summed E-state index contributed by atoms with van der Waals surface area (Å²) in [5.41, 5.74) is 0.00427. The van der Waals surface area contributed by atoms with Gasteiger partial charge in [0.15, 0.2) is 6.61 Å². The number of urea groups is 1. The normalized spacial score (nSPS) is 14.6. The zero-order valence-electron chi connectivity index (χ0n) is 13.6. The van der Waals surface area contributed by atoms with Crippen molar-refractivity contribution in [2.75, 3.05) is 6.61 Å². The largest absolute Gasteiger partial charge is 0.455 e. The summed E-state index contributed by atoms with van der Waals surface area (Å²) in [5, 5.41) is 4.92. The van der Waals surface area contributed by atoms with Crippen molar-refractivity contribution in [2.24, 2.45) is 0 Å². The SMILES string of the molecule is O=C(COC(=O)Cc1c(F)cccc1Cl)NC(=O)NC1CCCCC1. The molecule has 0 atom stereocenters. The van der Waals surface area contributed by atoms with Crippen LogP contribution in [-0.2, 0) is 20.7 Å². The predicted molar refractivity (Wildman–Crippen MR) is 89.6 cm³/mol. The minimum atomic E-state index is -0.810. The summed E-state index contributed by atoms with van der Waals surface area (Å²) in [4.78, 5) is 35.0. The van der Waals surface area contributed by atoms with Gasteiger partial charge in [0.2, 0.25) is 0 Å². The molecule has 8 heteroatoms. The van der Waals surface area contributed by atoms with Gasteiger partial charge in [0.05, 0.1) is 6.42 Å². The van der Waals surface area contributed by atoms with Crippen LogP contribution in [0.4, 0.5) is 9.18 Å². The van der Waals surface area contributed by atoms with E-state index in [0.29, 0.717) is 0 Å². The average molecular weight is 371 g/mol. The zero-order valence-corrected chi connectivity index (χ0v) is 14.4. The lowest BCUT2D eigenvalue weighted by Gasteiger charge is -2.22. The maximum absolute atomic E-state index is 13.6. The first kappa shape index (κ1) is 19.2. The molecule has 136 valence electrons. The van der Waals surface area contributed by atoms with E-state index in [1.165, 1.54) is 18.2 Å². The summed E-state index contributed by atoms with van der Waals surface area (Å²) in [7, 11) is 0. The molecule has 1 aromatic rings. The Morgan fingerprint density at radius 2 is 1.92 bits per heavy atom. The van der Waals surface area contributed by atoms with E-state index in [1.54, 1.807) is 0 Å². The number of nitrogens with one attached hydrogen (secondary N) is 2. The maximum Gasteiger partial charge on any atom is 0.321 e. The number of rotatable bonds is 5. The first-order chi connectivity index (χ1) is 12.0. The van der Waals surface area contributed by atoms with Crippen molar-refractivity contribution in [2.45, 2.75) is 44.6 Å². The van der Waals surface area contributed by atoms with Gasteiger partial charge in [0, 0.05) is 16.6 Å². The van der Waals surface area contributed by atoms with Gasteiger partial charge in [-0.05, 0) is 25.0 Å². The first-order valence-electron chi connectivity index (χ1n) is 8.14. The summed E-state index contributed by atoms with van der Waals surface area (Å²) < 4.78 is 18.3. The molecule has 25 heavy (non-hydrogen) atoms. The van der Waals surface area contributed by atoms with Crippen LogP contribution < -0.4 is 10.6 Å². The van der Waals surface area contributed by atoms with Crippen LogP contribution in [0.25, 0.3) is 0 Å². The minimum absolute atomic E-state index is 0.00427. The van der Waals surface area contributed by atoms with E-state index in [0.717, 1.165) is 32.1 Å². The highest BCUT2D eigenvalue weighted by Gasteiger charge is 2.18. The molecule has 0 saturated heterocycles. The molecule has 0 spiro atoms. The Labute approximate surface area is 150 Å². The van der Waals surface area contributed by atoms with Crippen LogP contribution in [0.3, 0.4) is 0 Å². The molecule has 0 aliphatic heterocycles. The minimum Gasteiger partial charge on any atom is -0.455 e. The second-order valence-corrected chi connectivity index (χ2v) is 6.30. The second-order valence-electron chi connectivity index (χ2n) is 5.89. The molecule has 0 radical (unpaired) electrons. The number of esters is 1. The van der Waals surface area contributed by atoms with Crippen molar-refractivity contribution >= 4 is 29.5 Å². The summed E-state index contributed by atoms with van der Waals surface area (Å²) in [5.74, 6) is -2.18. The van der Waals surface area contributed by atoms with Gasteiger partial charge < -0.3 is 10.1 Å². The highest BCUT2D eigenvalue weighted by atomic mass is 35.5. The lowest BCUT2D eigenvalue weighted by molar-refractivity contribution is -0.147. The molecule has 2 N–H and O–H groups in total. The Balaban J connectivity index is 1.71. The monoisotopic (exact) mass is 370 g/mol. The Hall–Kier alpha value is -2.15. The molecule has 2 rings (SSSR count). The molecule has 0 unspecified atom stereocenters. The lowest BCUT2D eigenvalue weighted by atomic mass is 9.96. The van der Waals surface area contributed by atoms with Gasteiger partial charge in [-0.1, -0.05) is 36.9 Å². The molecule has 0 heterocycles. The van der Waals surface area contributed by atoms with Crippen LogP contribution >= 0.6 is 11.6 Å². The lowest BCUT2D eigenvalue weighted by Crippen LogP contribution is -2.46. The Bertz CT molecular complexity index is 627. The van der Waals surface area contributed by atoms with Crippen molar-refractivity contribution in [3.63, 3.8) is 0 Å². The van der Waals surface area contributed by atoms with Crippen molar-refractivity contribution in [1.29, 1.82) is 0 Å². The number of carbonyl (C=O) groups excluding carboxylic acids is 3. The van der Waals surface area contributed by atoms with Crippen molar-refractivity contribution in [3.8, 4) is 0 Å². The Morgan fingerprint density at radius 3 is 2.60 bits per heavy atom. The molecular formula is C17H20ClFN2O4. The van der Waals surface area contributed by atoms with Crippen LogP contribution in [0.15, 0.2) is 18.2 Å². The van der Waals surface area contributed by atoms with Gasteiger partial charge in [0.1, 0.15) is 5.82 Å². The number of hydrogen-bond donors (Lipinski definition) is 2. The number of ether oxygens (including phenoxy) is 1. The maximum atomic E-state index is 13.6. The molecule has 0 aromatic heterocycles. The number of carbonyl (C=O) groups is 3. The van der Waals surface area contributed by atoms with Crippen LogP contribution in [0.2, 0.25) is 5.02 Å². The molecule has 6 nitrogen and oxygen atoms in total. The zero-order chi connectivity index (χ0) is 18.2. The number of amides is 3. The summed E-state index contributed by atoms with van der Waals surface area (Å²) >= 11 is 5.82. The van der Waals surface area contributed by atoms with Crippen molar-refractivity contribution < 1.29 is 23.5 Å². The Morgan fingerprint density at radius 1 is 1.20 bits per heavy atom. The number of halogens is 2. The third-order valence-electron chi connectivity index (χ3n) is 3.94. The highest BCUT2D eigenvalue weighted by molar-refractivity contribution is 6.31. The van der Waals surface area contributed by atoms with E-state index in [1.807, 2.05) is 0 Å². The highest BCUT2D eigenvalue weighted by Crippen LogP contribution is 2.19.